The molecule has 1 aliphatic heterocycles. The van der Waals surface area contributed by atoms with Gasteiger partial charge in [0.05, 0.1) is 17.1 Å². The number of nitrogens with zero attached hydrogens (tertiary/aromatic N) is 5. The number of pyridine rings is 1. The Kier molecular flexibility index (Phi) is 5.71. The lowest BCUT2D eigenvalue weighted by atomic mass is 10.0. The first-order valence-corrected chi connectivity index (χ1v) is 11.9. The molecule has 5 rings (SSSR count). The fraction of sp³-hybridized carbons (Fsp3) is 0.583. The van der Waals surface area contributed by atoms with Crippen molar-refractivity contribution in [2.45, 2.75) is 71.4 Å². The van der Waals surface area contributed by atoms with Gasteiger partial charge in [-0.05, 0) is 65.6 Å². The Morgan fingerprint density at radius 1 is 1.28 bits per heavy atom. The first-order valence-electron chi connectivity index (χ1n) is 11.9. The minimum Gasteiger partial charge on any atom is -0.348 e. The standard InChI is InChI=1S/C24H32N6O2/c1-4-30-16(3)19(13-25-30)22-21-18(12-20(17-8-9-17)27-24(21)32-28-22)23(31)26-15(2)14-29-10-6-5-7-11-29/h12-13,15,17H,4-11,14H2,1-3H3,(H,26,31)/t15-/m1/s1. The molecule has 1 saturated carbocycles. The third kappa shape index (κ3) is 4.03. The zero-order valence-corrected chi connectivity index (χ0v) is 19.2. The van der Waals surface area contributed by atoms with Gasteiger partial charge in [0.25, 0.3) is 11.6 Å². The van der Waals surface area contributed by atoms with Crippen molar-refractivity contribution in [2.24, 2.45) is 0 Å². The van der Waals surface area contributed by atoms with Crippen molar-refractivity contribution in [3.63, 3.8) is 0 Å². The van der Waals surface area contributed by atoms with Crippen LogP contribution in [0.3, 0.4) is 0 Å². The number of nitrogens with one attached hydrogen (secondary N) is 1. The molecule has 2 aliphatic rings. The zero-order chi connectivity index (χ0) is 22.2. The highest BCUT2D eigenvalue weighted by molar-refractivity contribution is 6.09. The van der Waals surface area contributed by atoms with Crippen LogP contribution < -0.4 is 5.32 Å². The highest BCUT2D eigenvalue weighted by atomic mass is 16.5. The number of aryl methyl sites for hydroxylation is 1. The van der Waals surface area contributed by atoms with E-state index >= 15 is 0 Å². The number of carbonyl (C=O) groups excluding carboxylic acids is 1. The molecule has 0 bridgehead atoms. The Morgan fingerprint density at radius 3 is 2.75 bits per heavy atom. The minimum atomic E-state index is -0.0891. The molecule has 1 N–H and O–H groups in total. The summed E-state index contributed by atoms with van der Waals surface area (Å²) in [6, 6.07) is 2.00. The van der Waals surface area contributed by atoms with E-state index in [9.17, 15) is 4.79 Å². The molecule has 1 atom stereocenters. The summed E-state index contributed by atoms with van der Waals surface area (Å²) in [6.45, 7) is 10.0. The molecule has 4 heterocycles. The molecule has 8 heteroatoms. The molecule has 32 heavy (non-hydrogen) atoms. The number of hydrogen-bond donors (Lipinski definition) is 1. The van der Waals surface area contributed by atoms with Gasteiger partial charge in [0.2, 0.25) is 0 Å². The van der Waals surface area contributed by atoms with Gasteiger partial charge in [-0.15, -0.1) is 0 Å². The maximum absolute atomic E-state index is 13.5. The number of aromatic nitrogens is 4. The van der Waals surface area contributed by atoms with Gasteiger partial charge in [-0.1, -0.05) is 11.6 Å². The van der Waals surface area contributed by atoms with Gasteiger partial charge in [0.1, 0.15) is 5.69 Å². The minimum absolute atomic E-state index is 0.0566. The number of hydrogen-bond acceptors (Lipinski definition) is 6. The summed E-state index contributed by atoms with van der Waals surface area (Å²) < 4.78 is 7.57. The number of fused-ring (bicyclic) bond motifs is 1. The number of amides is 1. The van der Waals surface area contributed by atoms with Crippen LogP contribution in [0, 0.1) is 6.92 Å². The molecule has 1 aliphatic carbocycles. The lowest BCUT2D eigenvalue weighted by molar-refractivity contribution is 0.0927. The van der Waals surface area contributed by atoms with Crippen LogP contribution in [0.2, 0.25) is 0 Å². The summed E-state index contributed by atoms with van der Waals surface area (Å²) in [5, 5.41) is 12.7. The van der Waals surface area contributed by atoms with E-state index in [0.717, 1.165) is 56.0 Å². The van der Waals surface area contributed by atoms with Crippen LogP contribution in [0.4, 0.5) is 0 Å². The molecular weight excluding hydrogens is 404 g/mol. The molecule has 3 aromatic heterocycles. The van der Waals surface area contributed by atoms with Crippen LogP contribution in [0.5, 0.6) is 0 Å². The topological polar surface area (TPSA) is 89.1 Å². The number of piperidine rings is 1. The van der Waals surface area contributed by atoms with Gasteiger partial charge in [0.15, 0.2) is 0 Å². The van der Waals surface area contributed by atoms with Crippen molar-refractivity contribution in [2.75, 3.05) is 19.6 Å². The van der Waals surface area contributed by atoms with E-state index in [1.54, 1.807) is 6.20 Å². The van der Waals surface area contributed by atoms with Crippen molar-refractivity contribution in [1.82, 2.24) is 30.1 Å². The van der Waals surface area contributed by atoms with Crippen molar-refractivity contribution in [3.8, 4) is 11.3 Å². The molecule has 2 fully saturated rings. The Hall–Kier alpha value is -2.74. The average Bonchev–Trinajstić information content (AvgIpc) is 3.46. The third-order valence-corrected chi connectivity index (χ3v) is 6.72. The second-order valence-electron chi connectivity index (χ2n) is 9.28. The van der Waals surface area contributed by atoms with Crippen molar-refractivity contribution < 1.29 is 9.32 Å². The van der Waals surface area contributed by atoms with Crippen LogP contribution in [0.25, 0.3) is 22.4 Å². The maximum Gasteiger partial charge on any atom is 0.259 e. The fourth-order valence-corrected chi connectivity index (χ4v) is 4.80. The highest BCUT2D eigenvalue weighted by Crippen LogP contribution is 2.41. The van der Waals surface area contributed by atoms with Crippen LogP contribution in [-0.4, -0.2) is 56.4 Å². The van der Waals surface area contributed by atoms with E-state index in [1.165, 1.54) is 19.3 Å². The number of carbonyl (C=O) groups is 1. The maximum atomic E-state index is 13.5. The quantitative estimate of drug-likeness (QED) is 0.604. The molecule has 1 amide bonds. The van der Waals surface area contributed by atoms with Crippen LogP contribution >= 0.6 is 0 Å². The van der Waals surface area contributed by atoms with Gasteiger partial charge >= 0.3 is 0 Å². The van der Waals surface area contributed by atoms with E-state index in [2.05, 4.69) is 34.3 Å². The molecule has 0 aromatic carbocycles. The number of likely N-dealkylation sites (tertiary alicyclic amines) is 1. The molecular formula is C24H32N6O2. The Balaban J connectivity index is 1.49. The summed E-state index contributed by atoms with van der Waals surface area (Å²) in [4.78, 5) is 20.6. The summed E-state index contributed by atoms with van der Waals surface area (Å²) in [5.74, 6) is 0.323. The van der Waals surface area contributed by atoms with E-state index in [4.69, 9.17) is 9.51 Å². The number of rotatable bonds is 7. The van der Waals surface area contributed by atoms with Crippen LogP contribution in [0.1, 0.15) is 73.6 Å². The van der Waals surface area contributed by atoms with Crippen molar-refractivity contribution in [1.29, 1.82) is 0 Å². The summed E-state index contributed by atoms with van der Waals surface area (Å²) >= 11 is 0. The van der Waals surface area contributed by atoms with E-state index in [0.29, 0.717) is 28.3 Å². The van der Waals surface area contributed by atoms with Gasteiger partial charge < -0.3 is 14.7 Å². The SMILES string of the molecule is CCn1ncc(-c2noc3nc(C4CC4)cc(C(=O)N[C@H](C)CN4CCCCC4)c23)c1C. The van der Waals surface area contributed by atoms with Crippen LogP contribution in [-0.2, 0) is 6.54 Å². The fourth-order valence-electron chi connectivity index (χ4n) is 4.80. The van der Waals surface area contributed by atoms with Gasteiger partial charge in [-0.3, -0.25) is 9.48 Å². The monoisotopic (exact) mass is 436 g/mol. The molecule has 8 nitrogen and oxygen atoms in total. The van der Waals surface area contributed by atoms with E-state index in [-0.39, 0.29) is 11.9 Å². The Morgan fingerprint density at radius 2 is 2.06 bits per heavy atom. The predicted octanol–water partition coefficient (Wildman–Crippen LogP) is 3.90. The second kappa shape index (κ2) is 8.65. The smallest absolute Gasteiger partial charge is 0.259 e. The van der Waals surface area contributed by atoms with E-state index < -0.39 is 0 Å². The largest absolute Gasteiger partial charge is 0.348 e. The Bertz CT molecular complexity index is 1120. The summed E-state index contributed by atoms with van der Waals surface area (Å²) in [5.41, 5.74) is 4.47. The highest BCUT2D eigenvalue weighted by Gasteiger charge is 2.30. The van der Waals surface area contributed by atoms with E-state index in [1.807, 2.05) is 17.7 Å². The molecule has 3 aromatic rings. The lowest BCUT2D eigenvalue weighted by Crippen LogP contribution is -2.43. The van der Waals surface area contributed by atoms with Gasteiger partial charge in [-0.2, -0.15) is 5.10 Å². The van der Waals surface area contributed by atoms with Crippen LogP contribution in [0.15, 0.2) is 16.8 Å². The average molecular weight is 437 g/mol. The van der Waals surface area contributed by atoms with Crippen molar-refractivity contribution >= 4 is 17.0 Å². The molecule has 0 radical (unpaired) electrons. The zero-order valence-electron chi connectivity index (χ0n) is 19.2. The predicted molar refractivity (Wildman–Crippen MR) is 123 cm³/mol. The molecule has 1 saturated heterocycles. The summed E-state index contributed by atoms with van der Waals surface area (Å²) in [7, 11) is 0. The Labute approximate surface area is 188 Å². The lowest BCUT2D eigenvalue weighted by Gasteiger charge is -2.29. The first-order chi connectivity index (χ1) is 15.5. The van der Waals surface area contributed by atoms with Gasteiger partial charge in [-0.25, -0.2) is 4.98 Å². The first kappa shape index (κ1) is 21.1. The second-order valence-corrected chi connectivity index (χ2v) is 9.28. The molecule has 0 unspecified atom stereocenters. The normalized spacial score (nSPS) is 18.2. The summed E-state index contributed by atoms with van der Waals surface area (Å²) in [6.07, 6.45) is 7.80. The van der Waals surface area contributed by atoms with Gasteiger partial charge in [0, 0.05) is 42.0 Å². The van der Waals surface area contributed by atoms with Crippen molar-refractivity contribution in [3.05, 3.63) is 29.2 Å². The third-order valence-electron chi connectivity index (χ3n) is 6.72. The molecule has 170 valence electrons. The molecule has 0 spiro atoms.